The monoisotopic (exact) mass is 270 g/mol. The number of rotatable bonds is 3. The van der Waals surface area contributed by atoms with Crippen LogP contribution in [0.5, 0.6) is 5.75 Å². The van der Waals surface area contributed by atoms with Crippen molar-refractivity contribution in [3.05, 3.63) is 48.3 Å². The summed E-state index contributed by atoms with van der Waals surface area (Å²) in [6.45, 7) is 2.71. The normalized spacial score (nSPS) is 11.1. The van der Waals surface area contributed by atoms with Crippen LogP contribution >= 0.6 is 0 Å². The third-order valence-electron chi connectivity index (χ3n) is 3.30. The summed E-state index contributed by atoms with van der Waals surface area (Å²) in [5, 5.41) is 14.7. The molecule has 4 heteroatoms. The molecule has 1 N–H and O–H groups in total. The topological polar surface area (TPSA) is 38.0 Å². The number of aromatic hydroxyl groups is 1. The lowest BCUT2D eigenvalue weighted by atomic mass is 10.1. The predicted octanol–water partition coefficient (Wildman–Crippen LogP) is 3.96. The minimum absolute atomic E-state index is 0.206. The van der Waals surface area contributed by atoms with E-state index in [-0.39, 0.29) is 11.6 Å². The number of halogens is 1. The van der Waals surface area contributed by atoms with Crippen molar-refractivity contribution in [1.82, 2.24) is 9.78 Å². The van der Waals surface area contributed by atoms with Gasteiger partial charge in [0, 0.05) is 17.5 Å². The maximum absolute atomic E-state index is 14.1. The highest BCUT2D eigenvalue weighted by Crippen LogP contribution is 2.30. The van der Waals surface area contributed by atoms with Gasteiger partial charge in [-0.3, -0.25) is 4.68 Å². The average Bonchev–Trinajstić information content (AvgIpc) is 2.80. The minimum Gasteiger partial charge on any atom is -0.508 e. The Balaban J connectivity index is 2.25. The second-order valence-corrected chi connectivity index (χ2v) is 4.75. The highest BCUT2D eigenvalue weighted by Gasteiger charge is 2.14. The number of para-hydroxylation sites is 1. The van der Waals surface area contributed by atoms with E-state index in [9.17, 15) is 9.50 Å². The largest absolute Gasteiger partial charge is 0.508 e. The molecule has 2 aromatic carbocycles. The molecule has 0 spiro atoms. The number of hydrogen-bond donors (Lipinski definition) is 1. The molecule has 0 atom stereocenters. The van der Waals surface area contributed by atoms with Crippen molar-refractivity contribution >= 4 is 10.9 Å². The summed E-state index contributed by atoms with van der Waals surface area (Å²) in [5.41, 5.74) is 2.15. The highest BCUT2D eigenvalue weighted by molar-refractivity contribution is 5.93. The molecule has 0 radical (unpaired) electrons. The number of phenolic OH excluding ortho intramolecular Hbond substituents is 1. The van der Waals surface area contributed by atoms with Crippen molar-refractivity contribution in [1.29, 1.82) is 0 Å². The van der Waals surface area contributed by atoms with Crippen LogP contribution in [0, 0.1) is 5.82 Å². The molecule has 3 nitrogen and oxygen atoms in total. The van der Waals surface area contributed by atoms with Crippen LogP contribution in [0.2, 0.25) is 0 Å². The average molecular weight is 270 g/mol. The fourth-order valence-corrected chi connectivity index (χ4v) is 2.40. The van der Waals surface area contributed by atoms with Gasteiger partial charge >= 0.3 is 0 Å². The number of aromatic nitrogens is 2. The van der Waals surface area contributed by atoms with E-state index >= 15 is 0 Å². The summed E-state index contributed by atoms with van der Waals surface area (Å²) >= 11 is 0. The lowest BCUT2D eigenvalue weighted by Gasteiger charge is -2.00. The molecule has 0 aliphatic heterocycles. The maximum Gasteiger partial charge on any atom is 0.149 e. The number of hydrogen-bond acceptors (Lipinski definition) is 2. The molecule has 20 heavy (non-hydrogen) atoms. The Bertz CT molecular complexity index is 747. The van der Waals surface area contributed by atoms with Gasteiger partial charge in [0.25, 0.3) is 0 Å². The first kappa shape index (κ1) is 12.7. The molecule has 0 aliphatic carbocycles. The van der Waals surface area contributed by atoms with E-state index in [4.69, 9.17) is 0 Å². The zero-order valence-electron chi connectivity index (χ0n) is 11.2. The van der Waals surface area contributed by atoms with Gasteiger partial charge in [0.15, 0.2) is 0 Å². The zero-order chi connectivity index (χ0) is 14.1. The number of benzene rings is 2. The van der Waals surface area contributed by atoms with Crippen molar-refractivity contribution < 1.29 is 9.50 Å². The standard InChI is InChI=1S/C16H15FN2O/c1-2-10-19-16-13(4-3-5-14(16)17)15(18-19)11-6-8-12(20)9-7-11/h3-9,20H,2,10H2,1H3. The molecule has 0 unspecified atom stereocenters. The molecule has 102 valence electrons. The minimum atomic E-state index is -0.256. The number of nitrogens with zero attached hydrogens (tertiary/aromatic N) is 2. The fourth-order valence-electron chi connectivity index (χ4n) is 2.40. The first-order valence-electron chi connectivity index (χ1n) is 6.65. The quantitative estimate of drug-likeness (QED) is 0.782. The summed E-state index contributed by atoms with van der Waals surface area (Å²) in [7, 11) is 0. The van der Waals surface area contributed by atoms with Gasteiger partial charge in [-0.25, -0.2) is 4.39 Å². The number of fused-ring (bicyclic) bond motifs is 1. The van der Waals surface area contributed by atoms with Crippen molar-refractivity contribution in [2.45, 2.75) is 19.9 Å². The smallest absolute Gasteiger partial charge is 0.149 e. The third-order valence-corrected chi connectivity index (χ3v) is 3.30. The molecule has 1 aromatic heterocycles. The Morgan fingerprint density at radius 3 is 2.60 bits per heavy atom. The maximum atomic E-state index is 14.1. The molecule has 0 saturated heterocycles. The second-order valence-electron chi connectivity index (χ2n) is 4.75. The van der Waals surface area contributed by atoms with Gasteiger partial charge in [0.05, 0.1) is 0 Å². The zero-order valence-corrected chi connectivity index (χ0v) is 11.2. The highest BCUT2D eigenvalue weighted by atomic mass is 19.1. The van der Waals surface area contributed by atoms with Gasteiger partial charge in [-0.05, 0) is 36.8 Å². The van der Waals surface area contributed by atoms with E-state index < -0.39 is 0 Å². The van der Waals surface area contributed by atoms with Crippen LogP contribution < -0.4 is 0 Å². The Kier molecular flexibility index (Phi) is 3.14. The lowest BCUT2D eigenvalue weighted by molar-refractivity contribution is 0.475. The summed E-state index contributed by atoms with van der Waals surface area (Å²) in [6, 6.07) is 11.8. The Morgan fingerprint density at radius 2 is 1.90 bits per heavy atom. The molecular weight excluding hydrogens is 255 g/mol. The molecule has 0 bridgehead atoms. The molecule has 0 aliphatic rings. The SMILES string of the molecule is CCCn1nc(-c2ccc(O)cc2)c2cccc(F)c21. The van der Waals surface area contributed by atoms with Crippen LogP contribution in [0.15, 0.2) is 42.5 Å². The first-order valence-corrected chi connectivity index (χ1v) is 6.65. The van der Waals surface area contributed by atoms with Crippen molar-refractivity contribution in [2.75, 3.05) is 0 Å². The third kappa shape index (κ3) is 2.03. The van der Waals surface area contributed by atoms with Crippen LogP contribution in [0.3, 0.4) is 0 Å². The number of aryl methyl sites for hydroxylation is 1. The molecule has 3 aromatic rings. The fraction of sp³-hybridized carbons (Fsp3) is 0.188. The van der Waals surface area contributed by atoms with Crippen molar-refractivity contribution in [3.63, 3.8) is 0 Å². The summed E-state index contributed by atoms with van der Waals surface area (Å²) in [5.74, 6) is -0.0503. The van der Waals surface area contributed by atoms with Crippen LogP contribution in [0.4, 0.5) is 4.39 Å². The molecule has 1 heterocycles. The van der Waals surface area contributed by atoms with Gasteiger partial charge in [0.2, 0.25) is 0 Å². The van der Waals surface area contributed by atoms with Crippen molar-refractivity contribution in [2.24, 2.45) is 0 Å². The molecule has 0 amide bonds. The van der Waals surface area contributed by atoms with E-state index in [1.807, 2.05) is 13.0 Å². The first-order chi connectivity index (χ1) is 9.70. The van der Waals surface area contributed by atoms with Crippen molar-refractivity contribution in [3.8, 4) is 17.0 Å². The van der Waals surface area contributed by atoms with E-state index in [1.54, 1.807) is 35.0 Å². The van der Waals surface area contributed by atoms with Gasteiger partial charge in [-0.15, -0.1) is 0 Å². The molecule has 0 fully saturated rings. The summed E-state index contributed by atoms with van der Waals surface area (Å²) in [4.78, 5) is 0. The van der Waals surface area contributed by atoms with Crippen LogP contribution in [0.25, 0.3) is 22.2 Å². The van der Waals surface area contributed by atoms with Gasteiger partial charge < -0.3 is 5.11 Å². The van der Waals surface area contributed by atoms with Crippen LogP contribution in [0.1, 0.15) is 13.3 Å². The van der Waals surface area contributed by atoms with E-state index in [2.05, 4.69) is 5.10 Å². The Morgan fingerprint density at radius 1 is 1.15 bits per heavy atom. The van der Waals surface area contributed by atoms with Gasteiger partial charge in [-0.2, -0.15) is 5.10 Å². The van der Waals surface area contributed by atoms with E-state index in [1.165, 1.54) is 6.07 Å². The van der Waals surface area contributed by atoms with E-state index in [0.717, 1.165) is 23.1 Å². The molecular formula is C16H15FN2O. The van der Waals surface area contributed by atoms with E-state index in [0.29, 0.717) is 12.1 Å². The second kappa shape index (κ2) is 4.96. The Hall–Kier alpha value is -2.36. The number of phenols is 1. The van der Waals surface area contributed by atoms with Gasteiger partial charge in [-0.1, -0.05) is 19.1 Å². The summed E-state index contributed by atoms with van der Waals surface area (Å²) < 4.78 is 15.8. The van der Waals surface area contributed by atoms with Gasteiger partial charge in [0.1, 0.15) is 22.8 Å². The molecule has 3 rings (SSSR count). The molecule has 0 saturated carbocycles. The van der Waals surface area contributed by atoms with Crippen LogP contribution in [-0.2, 0) is 6.54 Å². The predicted molar refractivity (Wildman–Crippen MR) is 77.1 cm³/mol. The summed E-state index contributed by atoms with van der Waals surface area (Å²) in [6.07, 6.45) is 0.889. The lowest BCUT2D eigenvalue weighted by Crippen LogP contribution is -2.00. The van der Waals surface area contributed by atoms with Crippen LogP contribution in [-0.4, -0.2) is 14.9 Å². The Labute approximate surface area is 116 Å².